The van der Waals surface area contributed by atoms with Crippen LogP contribution in [0.2, 0.25) is 0 Å². The molecule has 1 aromatic carbocycles. The Labute approximate surface area is 160 Å². The van der Waals surface area contributed by atoms with Crippen molar-refractivity contribution < 1.29 is 9.53 Å². The molecule has 142 valence electrons. The monoisotopic (exact) mass is 366 g/mol. The van der Waals surface area contributed by atoms with Gasteiger partial charge in [0.1, 0.15) is 11.6 Å². The van der Waals surface area contributed by atoms with E-state index in [-0.39, 0.29) is 11.9 Å². The molecule has 0 saturated carbocycles. The molecule has 1 N–H and O–H groups in total. The average Bonchev–Trinajstić information content (AvgIpc) is 3.22. The van der Waals surface area contributed by atoms with E-state index in [1.165, 1.54) is 6.42 Å². The van der Waals surface area contributed by atoms with E-state index in [1.54, 1.807) is 7.11 Å². The molecule has 1 amide bonds. The van der Waals surface area contributed by atoms with Crippen LogP contribution >= 0.6 is 0 Å². The van der Waals surface area contributed by atoms with Crippen LogP contribution in [-0.2, 0) is 24.2 Å². The van der Waals surface area contributed by atoms with Crippen molar-refractivity contribution in [3.63, 3.8) is 0 Å². The van der Waals surface area contributed by atoms with Crippen molar-refractivity contribution in [2.24, 2.45) is 0 Å². The summed E-state index contributed by atoms with van der Waals surface area (Å²) < 4.78 is 5.41. The number of hydrogen-bond donors (Lipinski definition) is 1. The molecule has 1 atom stereocenters. The maximum atomic E-state index is 12.9. The molecule has 6 nitrogen and oxygen atoms in total. The summed E-state index contributed by atoms with van der Waals surface area (Å²) in [5.74, 6) is 1.78. The van der Waals surface area contributed by atoms with Gasteiger partial charge in [-0.3, -0.25) is 4.79 Å². The van der Waals surface area contributed by atoms with Gasteiger partial charge in [-0.05, 0) is 32.4 Å². The lowest BCUT2D eigenvalue weighted by Crippen LogP contribution is -2.37. The van der Waals surface area contributed by atoms with Crippen LogP contribution in [0.15, 0.2) is 24.4 Å². The smallest absolute Gasteiger partial charge is 0.227 e. The summed E-state index contributed by atoms with van der Waals surface area (Å²) in [6, 6.07) is 6.23. The van der Waals surface area contributed by atoms with Gasteiger partial charge in [0, 0.05) is 36.8 Å². The minimum absolute atomic E-state index is 0.117. The van der Waals surface area contributed by atoms with Crippen molar-refractivity contribution in [2.45, 2.75) is 45.2 Å². The van der Waals surface area contributed by atoms with E-state index in [0.29, 0.717) is 19.5 Å². The maximum absolute atomic E-state index is 12.9. The van der Waals surface area contributed by atoms with Crippen LogP contribution in [0.5, 0.6) is 5.75 Å². The Balaban J connectivity index is 1.46. The SMILES string of the molecule is COc1ccc(C)cc1CC(=O)N1CCc2nc(C3CCCN3)ncc2C1. The summed E-state index contributed by atoms with van der Waals surface area (Å²) in [4.78, 5) is 24.1. The lowest BCUT2D eigenvalue weighted by molar-refractivity contribution is -0.131. The minimum atomic E-state index is 0.117. The van der Waals surface area contributed by atoms with Crippen LogP contribution in [0.4, 0.5) is 0 Å². The van der Waals surface area contributed by atoms with Gasteiger partial charge in [0.15, 0.2) is 0 Å². The fourth-order valence-corrected chi connectivity index (χ4v) is 3.94. The molecule has 27 heavy (non-hydrogen) atoms. The van der Waals surface area contributed by atoms with Crippen molar-refractivity contribution >= 4 is 5.91 Å². The lowest BCUT2D eigenvalue weighted by atomic mass is 10.0. The summed E-state index contributed by atoms with van der Waals surface area (Å²) in [5, 5.41) is 3.45. The number of nitrogens with zero attached hydrogens (tertiary/aromatic N) is 3. The minimum Gasteiger partial charge on any atom is -0.496 e. The first-order chi connectivity index (χ1) is 13.1. The number of carbonyl (C=O) groups is 1. The van der Waals surface area contributed by atoms with E-state index < -0.39 is 0 Å². The normalized spacial score (nSPS) is 19.0. The van der Waals surface area contributed by atoms with E-state index >= 15 is 0 Å². The zero-order valence-electron chi connectivity index (χ0n) is 16.0. The molecular formula is C21H26N4O2. The molecule has 0 radical (unpaired) electrons. The van der Waals surface area contributed by atoms with Crippen molar-refractivity contribution in [1.82, 2.24) is 20.2 Å². The molecule has 2 aliphatic rings. The molecule has 1 aromatic heterocycles. The molecular weight excluding hydrogens is 340 g/mol. The number of ether oxygens (including phenoxy) is 1. The van der Waals surface area contributed by atoms with Gasteiger partial charge >= 0.3 is 0 Å². The Hall–Kier alpha value is -2.47. The number of benzene rings is 1. The third-order valence-electron chi connectivity index (χ3n) is 5.45. The lowest BCUT2D eigenvalue weighted by Gasteiger charge is -2.29. The highest BCUT2D eigenvalue weighted by atomic mass is 16.5. The van der Waals surface area contributed by atoms with E-state index in [2.05, 4.69) is 10.3 Å². The summed E-state index contributed by atoms with van der Waals surface area (Å²) in [6.07, 6.45) is 5.32. The number of fused-ring (bicyclic) bond motifs is 1. The summed E-state index contributed by atoms with van der Waals surface area (Å²) in [5.41, 5.74) is 4.22. The fourth-order valence-electron chi connectivity index (χ4n) is 3.94. The van der Waals surface area contributed by atoms with Gasteiger partial charge in [0.2, 0.25) is 5.91 Å². The van der Waals surface area contributed by atoms with Gasteiger partial charge in [-0.15, -0.1) is 0 Å². The van der Waals surface area contributed by atoms with Crippen LogP contribution in [0, 0.1) is 6.92 Å². The molecule has 6 heteroatoms. The van der Waals surface area contributed by atoms with Crippen molar-refractivity contribution in [3.05, 3.63) is 52.6 Å². The topological polar surface area (TPSA) is 67.3 Å². The van der Waals surface area contributed by atoms with E-state index in [9.17, 15) is 4.79 Å². The summed E-state index contributed by atoms with van der Waals surface area (Å²) in [7, 11) is 1.64. The largest absolute Gasteiger partial charge is 0.496 e. The molecule has 3 heterocycles. The number of aryl methyl sites for hydroxylation is 1. The van der Waals surface area contributed by atoms with Crippen molar-refractivity contribution in [2.75, 3.05) is 20.2 Å². The van der Waals surface area contributed by atoms with E-state index in [0.717, 1.165) is 53.3 Å². The Bertz CT molecular complexity index is 846. The molecule has 2 aliphatic heterocycles. The number of amides is 1. The third-order valence-corrected chi connectivity index (χ3v) is 5.45. The summed E-state index contributed by atoms with van der Waals surface area (Å²) >= 11 is 0. The first-order valence-electron chi connectivity index (χ1n) is 9.63. The van der Waals surface area contributed by atoms with Crippen LogP contribution in [-0.4, -0.2) is 41.0 Å². The second kappa shape index (κ2) is 7.64. The molecule has 0 spiro atoms. The molecule has 1 saturated heterocycles. The standard InChI is InChI=1S/C21H26N4O2/c1-14-5-6-19(27-2)15(10-14)11-20(26)25-9-7-17-16(13-25)12-23-21(24-17)18-4-3-8-22-18/h5-6,10,12,18,22H,3-4,7-9,11,13H2,1-2H3. The molecule has 1 unspecified atom stereocenters. The Morgan fingerprint density at radius 2 is 2.30 bits per heavy atom. The summed E-state index contributed by atoms with van der Waals surface area (Å²) in [6.45, 7) is 4.35. The molecule has 1 fully saturated rings. The van der Waals surface area contributed by atoms with E-state index in [4.69, 9.17) is 9.72 Å². The Morgan fingerprint density at radius 3 is 3.07 bits per heavy atom. The third kappa shape index (κ3) is 3.81. The maximum Gasteiger partial charge on any atom is 0.227 e. The van der Waals surface area contributed by atoms with Crippen molar-refractivity contribution in [1.29, 1.82) is 0 Å². The fraction of sp³-hybridized carbons (Fsp3) is 0.476. The van der Waals surface area contributed by atoms with Gasteiger partial charge in [-0.1, -0.05) is 17.7 Å². The highest BCUT2D eigenvalue weighted by molar-refractivity contribution is 5.80. The van der Waals surface area contributed by atoms with Gasteiger partial charge in [-0.25, -0.2) is 9.97 Å². The highest BCUT2D eigenvalue weighted by Crippen LogP contribution is 2.25. The van der Waals surface area contributed by atoms with Crippen molar-refractivity contribution in [3.8, 4) is 5.75 Å². The second-order valence-electron chi connectivity index (χ2n) is 7.41. The Morgan fingerprint density at radius 1 is 1.41 bits per heavy atom. The second-order valence-corrected chi connectivity index (χ2v) is 7.41. The number of nitrogens with one attached hydrogen (secondary N) is 1. The van der Waals surface area contributed by atoms with Gasteiger partial charge in [0.25, 0.3) is 0 Å². The van der Waals surface area contributed by atoms with E-state index in [1.807, 2.05) is 36.2 Å². The number of rotatable bonds is 4. The predicted octanol–water partition coefficient (Wildman–Crippen LogP) is 2.35. The van der Waals surface area contributed by atoms with Gasteiger partial charge in [-0.2, -0.15) is 0 Å². The zero-order chi connectivity index (χ0) is 18.8. The zero-order valence-corrected chi connectivity index (χ0v) is 16.0. The number of methoxy groups -OCH3 is 1. The molecule has 4 rings (SSSR count). The first-order valence-corrected chi connectivity index (χ1v) is 9.63. The number of hydrogen-bond acceptors (Lipinski definition) is 5. The van der Waals surface area contributed by atoms with Crippen LogP contribution in [0.25, 0.3) is 0 Å². The van der Waals surface area contributed by atoms with Crippen LogP contribution in [0.1, 0.15) is 47.1 Å². The van der Waals surface area contributed by atoms with Gasteiger partial charge in [0.05, 0.1) is 25.3 Å². The Kier molecular flexibility index (Phi) is 5.07. The van der Waals surface area contributed by atoms with Crippen LogP contribution < -0.4 is 10.1 Å². The van der Waals surface area contributed by atoms with Gasteiger partial charge < -0.3 is 15.0 Å². The average molecular weight is 366 g/mol. The molecule has 0 aliphatic carbocycles. The number of aromatic nitrogens is 2. The number of carbonyl (C=O) groups excluding carboxylic acids is 1. The quantitative estimate of drug-likeness (QED) is 0.900. The first kappa shape index (κ1) is 17.9. The van der Waals surface area contributed by atoms with Crippen LogP contribution in [0.3, 0.4) is 0 Å². The molecule has 2 aromatic rings. The molecule has 0 bridgehead atoms. The highest BCUT2D eigenvalue weighted by Gasteiger charge is 2.25. The predicted molar refractivity (Wildman–Crippen MR) is 103 cm³/mol.